The molecule has 1 heterocycles. The molecule has 0 spiro atoms. The Balaban J connectivity index is 1.46. The third-order valence-corrected chi connectivity index (χ3v) is 5.89. The highest BCUT2D eigenvalue weighted by atomic mass is 16.6. The van der Waals surface area contributed by atoms with Crippen LogP contribution in [0.1, 0.15) is 31.7 Å². The Bertz CT molecular complexity index is 604. The number of carbonyl (C=O) groups excluding carboxylic acids is 2. The van der Waals surface area contributed by atoms with Gasteiger partial charge in [0, 0.05) is 5.92 Å². The van der Waals surface area contributed by atoms with Gasteiger partial charge in [0.2, 0.25) is 5.91 Å². The smallest absolute Gasteiger partial charge is 0.416 e. The van der Waals surface area contributed by atoms with E-state index < -0.39 is 6.09 Å². The van der Waals surface area contributed by atoms with E-state index in [-0.39, 0.29) is 17.9 Å². The molecule has 0 radical (unpaired) electrons. The normalized spacial score (nSPS) is 33.3. The summed E-state index contributed by atoms with van der Waals surface area (Å²) in [4.78, 5) is 26.4. The topological polar surface area (TPSA) is 46.6 Å². The molecule has 3 fully saturated rings. The number of nitrogens with zero attached hydrogens (tertiary/aromatic N) is 1. The number of cyclic esters (lactones) is 1. The fourth-order valence-corrected chi connectivity index (χ4v) is 4.36. The van der Waals surface area contributed by atoms with Gasteiger partial charge < -0.3 is 4.74 Å². The summed E-state index contributed by atoms with van der Waals surface area (Å²) in [7, 11) is 0. The molecule has 2 saturated carbocycles. The molecule has 1 aromatic rings. The van der Waals surface area contributed by atoms with Crippen LogP contribution < -0.4 is 0 Å². The van der Waals surface area contributed by atoms with Crippen LogP contribution in [0.3, 0.4) is 0 Å². The molecule has 0 N–H and O–H groups in total. The van der Waals surface area contributed by atoms with Crippen LogP contribution in [0.5, 0.6) is 0 Å². The van der Waals surface area contributed by atoms with Gasteiger partial charge in [0.25, 0.3) is 0 Å². The van der Waals surface area contributed by atoms with E-state index in [1.165, 1.54) is 11.3 Å². The van der Waals surface area contributed by atoms with E-state index in [0.29, 0.717) is 18.9 Å². The van der Waals surface area contributed by atoms with Gasteiger partial charge in [-0.15, -0.1) is 0 Å². The van der Waals surface area contributed by atoms with E-state index in [0.717, 1.165) is 30.2 Å². The molecular weight excluding hydrogens is 290 g/mol. The van der Waals surface area contributed by atoms with Crippen LogP contribution in [-0.2, 0) is 16.0 Å². The van der Waals surface area contributed by atoms with Crippen LogP contribution in [0.25, 0.3) is 0 Å². The van der Waals surface area contributed by atoms with Crippen LogP contribution in [0, 0.1) is 23.7 Å². The number of ether oxygens (including phenoxy) is 1. The molecule has 122 valence electrons. The van der Waals surface area contributed by atoms with E-state index in [1.807, 2.05) is 37.3 Å². The summed E-state index contributed by atoms with van der Waals surface area (Å²) in [6, 6.07) is 9.81. The van der Waals surface area contributed by atoms with Crippen LogP contribution in [0.15, 0.2) is 30.3 Å². The van der Waals surface area contributed by atoms with Gasteiger partial charge in [-0.1, -0.05) is 37.3 Å². The number of amides is 2. The van der Waals surface area contributed by atoms with Crippen LogP contribution in [0.4, 0.5) is 4.79 Å². The van der Waals surface area contributed by atoms with Crippen molar-refractivity contribution in [3.63, 3.8) is 0 Å². The number of imide groups is 1. The van der Waals surface area contributed by atoms with E-state index in [2.05, 4.69) is 0 Å². The van der Waals surface area contributed by atoms with Crippen molar-refractivity contribution in [2.75, 3.05) is 6.61 Å². The van der Waals surface area contributed by atoms with Crippen molar-refractivity contribution in [3.8, 4) is 0 Å². The third kappa shape index (κ3) is 2.75. The monoisotopic (exact) mass is 313 g/mol. The minimum atomic E-state index is -0.467. The SMILES string of the molecule is C[C@H](C(=O)N1C(=O)OC[C@@H]1Cc1ccccc1)[C@@H]1C[C@H]2C[C@H]2C1. The minimum Gasteiger partial charge on any atom is -0.447 e. The predicted molar refractivity (Wildman–Crippen MR) is 85.6 cm³/mol. The van der Waals surface area contributed by atoms with Gasteiger partial charge in [-0.3, -0.25) is 4.79 Å². The van der Waals surface area contributed by atoms with Crippen LogP contribution in [-0.4, -0.2) is 29.5 Å². The van der Waals surface area contributed by atoms with Gasteiger partial charge in [-0.05, 0) is 49.0 Å². The maximum Gasteiger partial charge on any atom is 0.416 e. The van der Waals surface area contributed by atoms with Gasteiger partial charge in [0.05, 0.1) is 6.04 Å². The number of carbonyl (C=O) groups is 2. The quantitative estimate of drug-likeness (QED) is 0.857. The lowest BCUT2D eigenvalue weighted by Gasteiger charge is -2.26. The van der Waals surface area contributed by atoms with Crippen LogP contribution >= 0.6 is 0 Å². The Labute approximate surface area is 136 Å². The maximum atomic E-state index is 12.9. The van der Waals surface area contributed by atoms with Crippen molar-refractivity contribution in [1.29, 1.82) is 0 Å². The number of rotatable bonds is 4. The Kier molecular flexibility index (Phi) is 3.63. The van der Waals surface area contributed by atoms with Crippen molar-refractivity contribution in [1.82, 2.24) is 4.90 Å². The first kappa shape index (κ1) is 14.7. The summed E-state index contributed by atoms with van der Waals surface area (Å²) < 4.78 is 5.18. The molecule has 3 aliphatic rings. The largest absolute Gasteiger partial charge is 0.447 e. The standard InChI is InChI=1S/C19H23NO3/c1-12(14-8-15-10-16(15)9-14)18(21)20-17(11-23-19(20)22)7-13-5-3-2-4-6-13/h2-6,12,14-17H,7-11H2,1H3/t12-,14-,15+,16-,17-/m0/s1. The molecule has 0 aromatic heterocycles. The molecule has 0 bridgehead atoms. The van der Waals surface area contributed by atoms with Gasteiger partial charge >= 0.3 is 6.09 Å². The fourth-order valence-electron chi connectivity index (χ4n) is 4.36. The zero-order chi connectivity index (χ0) is 16.0. The summed E-state index contributed by atoms with van der Waals surface area (Å²) in [5, 5.41) is 0. The number of hydrogen-bond acceptors (Lipinski definition) is 3. The molecule has 4 heteroatoms. The fraction of sp³-hybridized carbons (Fsp3) is 0.579. The number of benzene rings is 1. The molecule has 1 aliphatic heterocycles. The summed E-state index contributed by atoms with van der Waals surface area (Å²) in [5.74, 6) is 2.02. The Morgan fingerprint density at radius 3 is 2.61 bits per heavy atom. The molecule has 0 unspecified atom stereocenters. The molecular formula is C19H23NO3. The number of hydrogen-bond donors (Lipinski definition) is 0. The average Bonchev–Trinajstić information content (AvgIpc) is 3.00. The van der Waals surface area contributed by atoms with E-state index in [1.54, 1.807) is 0 Å². The molecule has 2 aliphatic carbocycles. The highest BCUT2D eigenvalue weighted by molar-refractivity contribution is 5.94. The second-order valence-corrected chi connectivity index (χ2v) is 7.40. The lowest BCUT2D eigenvalue weighted by molar-refractivity contribution is -0.134. The van der Waals surface area contributed by atoms with E-state index in [9.17, 15) is 9.59 Å². The predicted octanol–water partition coefficient (Wildman–Crippen LogP) is 3.26. The maximum absolute atomic E-state index is 12.9. The molecule has 1 aromatic carbocycles. The highest BCUT2D eigenvalue weighted by Crippen LogP contribution is 2.56. The van der Waals surface area contributed by atoms with E-state index in [4.69, 9.17) is 4.74 Å². The lowest BCUT2D eigenvalue weighted by Crippen LogP contribution is -2.44. The second kappa shape index (κ2) is 5.66. The average molecular weight is 313 g/mol. The molecule has 4 rings (SSSR count). The Morgan fingerprint density at radius 1 is 1.22 bits per heavy atom. The Hall–Kier alpha value is -1.84. The second-order valence-electron chi connectivity index (χ2n) is 7.40. The summed E-state index contributed by atoms with van der Waals surface area (Å²) >= 11 is 0. The lowest BCUT2D eigenvalue weighted by atomic mass is 9.88. The third-order valence-electron chi connectivity index (χ3n) is 5.89. The zero-order valence-corrected chi connectivity index (χ0v) is 13.5. The summed E-state index contributed by atoms with van der Waals surface area (Å²) in [6.45, 7) is 2.30. The van der Waals surface area contributed by atoms with Crippen molar-refractivity contribution in [2.24, 2.45) is 23.7 Å². The minimum absolute atomic E-state index is 0.0419. The highest BCUT2D eigenvalue weighted by Gasteiger charge is 2.50. The summed E-state index contributed by atoms with van der Waals surface area (Å²) in [5.41, 5.74) is 1.13. The van der Waals surface area contributed by atoms with Gasteiger partial charge in [0.15, 0.2) is 0 Å². The molecule has 23 heavy (non-hydrogen) atoms. The molecule has 1 saturated heterocycles. The van der Waals surface area contributed by atoms with Gasteiger partial charge in [0.1, 0.15) is 6.61 Å². The first-order valence-electron chi connectivity index (χ1n) is 8.67. The molecule has 4 nitrogen and oxygen atoms in total. The van der Waals surface area contributed by atoms with Crippen molar-refractivity contribution >= 4 is 12.0 Å². The van der Waals surface area contributed by atoms with Crippen LogP contribution in [0.2, 0.25) is 0 Å². The Morgan fingerprint density at radius 2 is 1.91 bits per heavy atom. The zero-order valence-electron chi connectivity index (χ0n) is 13.5. The first-order valence-corrected chi connectivity index (χ1v) is 8.67. The van der Waals surface area contributed by atoms with Crippen molar-refractivity contribution in [2.45, 2.75) is 38.6 Å². The summed E-state index contributed by atoms with van der Waals surface area (Å²) in [6.07, 6.45) is 3.86. The van der Waals surface area contributed by atoms with Gasteiger partial charge in [-0.25, -0.2) is 9.69 Å². The first-order chi connectivity index (χ1) is 11.1. The van der Waals surface area contributed by atoms with Crippen molar-refractivity contribution < 1.29 is 14.3 Å². The molecule has 2 amide bonds. The van der Waals surface area contributed by atoms with Gasteiger partial charge in [-0.2, -0.15) is 0 Å². The number of fused-ring (bicyclic) bond motifs is 1. The van der Waals surface area contributed by atoms with Crippen molar-refractivity contribution in [3.05, 3.63) is 35.9 Å². The molecule has 5 atom stereocenters. The van der Waals surface area contributed by atoms with E-state index >= 15 is 0 Å².